The molecule has 1 saturated heterocycles. The normalized spacial score (nSPS) is 25.9. The predicted octanol–water partition coefficient (Wildman–Crippen LogP) is 3.16. The fraction of sp³-hybridized carbons (Fsp3) is 1.00. The molecular formula is C14H30N2. The third-order valence-corrected chi connectivity index (χ3v) is 4.30. The van der Waals surface area contributed by atoms with Gasteiger partial charge in [0.05, 0.1) is 0 Å². The molecule has 0 spiro atoms. The summed E-state index contributed by atoms with van der Waals surface area (Å²) in [5.74, 6) is 0. The summed E-state index contributed by atoms with van der Waals surface area (Å²) in [6, 6.07) is 0.787. The molecular weight excluding hydrogens is 196 g/mol. The zero-order chi connectivity index (χ0) is 12.0. The molecule has 1 heterocycles. The Morgan fingerprint density at radius 3 is 2.62 bits per heavy atom. The molecule has 0 radical (unpaired) electrons. The van der Waals surface area contributed by atoms with Crippen molar-refractivity contribution in [2.75, 3.05) is 13.1 Å². The van der Waals surface area contributed by atoms with Crippen LogP contribution in [0.1, 0.15) is 65.7 Å². The predicted molar refractivity (Wildman–Crippen MR) is 71.6 cm³/mol. The average molecular weight is 226 g/mol. The van der Waals surface area contributed by atoms with Gasteiger partial charge in [0, 0.05) is 18.1 Å². The second kappa shape index (κ2) is 6.61. The van der Waals surface area contributed by atoms with Gasteiger partial charge in [-0.25, -0.2) is 0 Å². The van der Waals surface area contributed by atoms with Crippen molar-refractivity contribution in [3.05, 3.63) is 0 Å². The van der Waals surface area contributed by atoms with E-state index in [0.29, 0.717) is 0 Å². The first kappa shape index (κ1) is 14.0. The lowest BCUT2D eigenvalue weighted by Crippen LogP contribution is -2.53. The molecule has 2 atom stereocenters. The van der Waals surface area contributed by atoms with Crippen LogP contribution in [0.2, 0.25) is 0 Å². The van der Waals surface area contributed by atoms with Crippen LogP contribution in [0.5, 0.6) is 0 Å². The number of hydrogen-bond acceptors (Lipinski definition) is 2. The SMILES string of the molecule is CCCCCC(C)(CN)N1CCCC1CC. The molecule has 2 N–H and O–H groups in total. The molecule has 2 unspecified atom stereocenters. The lowest BCUT2D eigenvalue weighted by Gasteiger charge is -2.42. The maximum atomic E-state index is 6.04. The summed E-state index contributed by atoms with van der Waals surface area (Å²) in [7, 11) is 0. The Bertz CT molecular complexity index is 193. The van der Waals surface area contributed by atoms with E-state index in [-0.39, 0.29) is 5.54 Å². The summed E-state index contributed by atoms with van der Waals surface area (Å²) >= 11 is 0. The Labute approximate surface area is 102 Å². The van der Waals surface area contributed by atoms with Gasteiger partial charge in [-0.1, -0.05) is 33.1 Å². The van der Waals surface area contributed by atoms with E-state index < -0.39 is 0 Å². The molecule has 16 heavy (non-hydrogen) atoms. The van der Waals surface area contributed by atoms with Crippen molar-refractivity contribution in [2.45, 2.75) is 77.3 Å². The van der Waals surface area contributed by atoms with Crippen LogP contribution in [0.25, 0.3) is 0 Å². The van der Waals surface area contributed by atoms with Crippen molar-refractivity contribution in [1.82, 2.24) is 4.90 Å². The zero-order valence-electron chi connectivity index (χ0n) is 11.5. The summed E-state index contributed by atoms with van der Waals surface area (Å²) in [6.07, 6.45) is 9.27. The lowest BCUT2D eigenvalue weighted by molar-refractivity contribution is 0.0830. The number of likely N-dealkylation sites (tertiary alicyclic amines) is 1. The number of nitrogens with two attached hydrogens (primary N) is 1. The maximum Gasteiger partial charge on any atom is 0.0306 e. The first-order valence-corrected chi connectivity index (χ1v) is 7.14. The van der Waals surface area contributed by atoms with Crippen LogP contribution in [-0.2, 0) is 0 Å². The summed E-state index contributed by atoms with van der Waals surface area (Å²) in [5.41, 5.74) is 6.30. The van der Waals surface area contributed by atoms with Gasteiger partial charge < -0.3 is 5.73 Å². The largest absolute Gasteiger partial charge is 0.329 e. The van der Waals surface area contributed by atoms with Gasteiger partial charge in [-0.15, -0.1) is 0 Å². The molecule has 1 aliphatic heterocycles. The average Bonchev–Trinajstić information content (AvgIpc) is 2.77. The van der Waals surface area contributed by atoms with E-state index in [1.54, 1.807) is 0 Å². The number of nitrogens with zero attached hydrogens (tertiary/aromatic N) is 1. The minimum absolute atomic E-state index is 0.256. The number of unbranched alkanes of at least 4 members (excludes halogenated alkanes) is 2. The van der Waals surface area contributed by atoms with Gasteiger partial charge >= 0.3 is 0 Å². The van der Waals surface area contributed by atoms with Crippen molar-refractivity contribution in [1.29, 1.82) is 0 Å². The first-order valence-electron chi connectivity index (χ1n) is 7.14. The zero-order valence-corrected chi connectivity index (χ0v) is 11.5. The quantitative estimate of drug-likeness (QED) is 0.676. The van der Waals surface area contributed by atoms with Gasteiger partial charge in [0.25, 0.3) is 0 Å². The first-order chi connectivity index (χ1) is 7.68. The van der Waals surface area contributed by atoms with Crippen LogP contribution < -0.4 is 5.73 Å². The van der Waals surface area contributed by atoms with Gasteiger partial charge in [-0.2, -0.15) is 0 Å². The fourth-order valence-electron chi connectivity index (χ4n) is 3.09. The highest BCUT2D eigenvalue weighted by Gasteiger charge is 2.36. The van der Waals surface area contributed by atoms with Crippen molar-refractivity contribution in [3.8, 4) is 0 Å². The van der Waals surface area contributed by atoms with E-state index in [9.17, 15) is 0 Å². The molecule has 0 aromatic rings. The minimum atomic E-state index is 0.256. The second-order valence-electron chi connectivity index (χ2n) is 5.56. The van der Waals surface area contributed by atoms with E-state index >= 15 is 0 Å². The molecule has 0 aliphatic carbocycles. The smallest absolute Gasteiger partial charge is 0.0306 e. The van der Waals surface area contributed by atoms with E-state index in [1.165, 1.54) is 51.5 Å². The summed E-state index contributed by atoms with van der Waals surface area (Å²) in [4.78, 5) is 2.70. The van der Waals surface area contributed by atoms with E-state index in [1.807, 2.05) is 0 Å². The topological polar surface area (TPSA) is 29.3 Å². The van der Waals surface area contributed by atoms with Crippen LogP contribution in [-0.4, -0.2) is 29.6 Å². The highest BCUT2D eigenvalue weighted by Crippen LogP contribution is 2.31. The number of hydrogen-bond donors (Lipinski definition) is 1. The molecule has 0 aromatic heterocycles. The van der Waals surface area contributed by atoms with Crippen molar-refractivity contribution in [2.24, 2.45) is 5.73 Å². The Kier molecular flexibility index (Phi) is 5.77. The molecule has 2 heteroatoms. The van der Waals surface area contributed by atoms with Crippen LogP contribution in [0, 0.1) is 0 Å². The van der Waals surface area contributed by atoms with Gasteiger partial charge in [-0.3, -0.25) is 4.90 Å². The highest BCUT2D eigenvalue weighted by molar-refractivity contribution is 4.94. The Hall–Kier alpha value is -0.0800. The lowest BCUT2D eigenvalue weighted by atomic mass is 9.91. The summed E-state index contributed by atoms with van der Waals surface area (Å²) in [5, 5.41) is 0. The van der Waals surface area contributed by atoms with Crippen LogP contribution in [0.4, 0.5) is 0 Å². The molecule has 0 saturated carbocycles. The summed E-state index contributed by atoms with van der Waals surface area (Å²) in [6.45, 7) is 9.03. The molecule has 1 fully saturated rings. The van der Waals surface area contributed by atoms with E-state index in [0.717, 1.165) is 12.6 Å². The molecule has 0 bridgehead atoms. The Morgan fingerprint density at radius 2 is 2.06 bits per heavy atom. The molecule has 1 aliphatic rings. The third-order valence-electron chi connectivity index (χ3n) is 4.30. The van der Waals surface area contributed by atoms with Gasteiger partial charge in [0.2, 0.25) is 0 Å². The Morgan fingerprint density at radius 1 is 1.31 bits per heavy atom. The standard InChI is InChI=1S/C14H30N2/c1-4-6-7-10-14(3,12-15)16-11-8-9-13(16)5-2/h13H,4-12,15H2,1-3H3. The van der Waals surface area contributed by atoms with Gasteiger partial charge in [0.15, 0.2) is 0 Å². The second-order valence-corrected chi connectivity index (χ2v) is 5.56. The van der Waals surface area contributed by atoms with Crippen molar-refractivity contribution < 1.29 is 0 Å². The van der Waals surface area contributed by atoms with Gasteiger partial charge in [-0.05, 0) is 39.2 Å². The van der Waals surface area contributed by atoms with Crippen LogP contribution in [0.3, 0.4) is 0 Å². The minimum Gasteiger partial charge on any atom is -0.329 e. The molecule has 96 valence electrons. The van der Waals surface area contributed by atoms with Crippen molar-refractivity contribution >= 4 is 0 Å². The van der Waals surface area contributed by atoms with Crippen LogP contribution in [0.15, 0.2) is 0 Å². The third kappa shape index (κ3) is 3.21. The molecule has 0 aromatic carbocycles. The maximum absolute atomic E-state index is 6.04. The van der Waals surface area contributed by atoms with Gasteiger partial charge in [0.1, 0.15) is 0 Å². The molecule has 0 amide bonds. The monoisotopic (exact) mass is 226 g/mol. The highest BCUT2D eigenvalue weighted by atomic mass is 15.2. The van der Waals surface area contributed by atoms with Crippen molar-refractivity contribution in [3.63, 3.8) is 0 Å². The number of rotatable bonds is 7. The van der Waals surface area contributed by atoms with E-state index in [4.69, 9.17) is 5.73 Å². The van der Waals surface area contributed by atoms with E-state index in [2.05, 4.69) is 25.7 Å². The Balaban J connectivity index is 2.55. The molecule has 2 nitrogen and oxygen atoms in total. The fourth-order valence-corrected chi connectivity index (χ4v) is 3.09. The summed E-state index contributed by atoms with van der Waals surface area (Å²) < 4.78 is 0. The molecule has 1 rings (SSSR count). The van der Waals surface area contributed by atoms with Crippen LogP contribution >= 0.6 is 0 Å².